The molecule has 1 aliphatic carbocycles. The summed E-state index contributed by atoms with van der Waals surface area (Å²) in [5, 5.41) is 0. The highest BCUT2D eigenvalue weighted by atomic mass is 28.3. The normalized spacial score (nSPS) is 28.9. The Morgan fingerprint density at radius 3 is 2.31 bits per heavy atom. The molecule has 0 amide bonds. The zero-order valence-electron chi connectivity index (χ0n) is 9.09. The molecular formula is C10H20O2Si. The van der Waals surface area contributed by atoms with Crippen LogP contribution in [0.3, 0.4) is 0 Å². The van der Waals surface area contributed by atoms with E-state index in [1.54, 1.807) is 0 Å². The van der Waals surface area contributed by atoms with Crippen LogP contribution in [-0.2, 0) is 9.53 Å². The lowest BCUT2D eigenvalue weighted by molar-refractivity contribution is -0.145. The Bertz CT molecular complexity index is 196. The van der Waals surface area contributed by atoms with E-state index in [0.717, 1.165) is 18.4 Å². The molecule has 76 valence electrons. The molecule has 0 aromatic carbocycles. The summed E-state index contributed by atoms with van der Waals surface area (Å²) in [4.78, 5) is 11.3. The van der Waals surface area contributed by atoms with Crippen molar-refractivity contribution in [2.45, 2.75) is 44.4 Å². The van der Waals surface area contributed by atoms with Crippen molar-refractivity contribution >= 4 is 14.0 Å². The van der Waals surface area contributed by atoms with Crippen molar-refractivity contribution < 1.29 is 9.53 Å². The summed E-state index contributed by atoms with van der Waals surface area (Å²) in [5.41, 5.74) is 0.816. The molecule has 0 aromatic rings. The van der Waals surface area contributed by atoms with Gasteiger partial charge >= 0.3 is 5.97 Å². The van der Waals surface area contributed by atoms with Crippen molar-refractivity contribution in [2.75, 3.05) is 7.11 Å². The first-order valence-electron chi connectivity index (χ1n) is 5.03. The Labute approximate surface area is 81.7 Å². The lowest BCUT2D eigenvalue weighted by Crippen LogP contribution is -2.27. The van der Waals surface area contributed by atoms with Gasteiger partial charge in [-0.2, -0.15) is 0 Å². The molecule has 0 aromatic heterocycles. The first kappa shape index (κ1) is 10.8. The average Bonchev–Trinajstić information content (AvgIpc) is 2.50. The third-order valence-electron chi connectivity index (χ3n) is 3.19. The Kier molecular flexibility index (Phi) is 3.17. The molecule has 0 spiro atoms. The molecule has 1 fully saturated rings. The largest absolute Gasteiger partial charge is 0.469 e. The summed E-state index contributed by atoms with van der Waals surface area (Å²) in [5.74, 6) is 0.197. The molecule has 0 radical (unpaired) electrons. The molecule has 0 N–H and O–H groups in total. The molecular weight excluding hydrogens is 180 g/mol. The molecule has 2 atom stereocenters. The van der Waals surface area contributed by atoms with Crippen molar-refractivity contribution in [1.82, 2.24) is 0 Å². The predicted octanol–water partition coefficient (Wildman–Crippen LogP) is 2.67. The standard InChI is InChI=1S/C10H20O2Si/c1-12-10(11)8-5-6-9(7-8)13(2,3)4/h8-9H,5-7H2,1-4H3/t8-,9-/m1/s1. The van der Waals surface area contributed by atoms with E-state index < -0.39 is 8.07 Å². The average molecular weight is 200 g/mol. The van der Waals surface area contributed by atoms with Crippen LogP contribution < -0.4 is 0 Å². The summed E-state index contributed by atoms with van der Waals surface area (Å²) in [7, 11) is 0.458. The Morgan fingerprint density at radius 2 is 1.92 bits per heavy atom. The number of hydrogen-bond donors (Lipinski definition) is 0. The highest BCUT2D eigenvalue weighted by Crippen LogP contribution is 2.42. The first-order valence-corrected chi connectivity index (χ1v) is 8.60. The lowest BCUT2D eigenvalue weighted by Gasteiger charge is -2.24. The number of ether oxygens (including phenoxy) is 1. The van der Waals surface area contributed by atoms with E-state index in [9.17, 15) is 4.79 Å². The maximum atomic E-state index is 11.3. The van der Waals surface area contributed by atoms with Gasteiger partial charge in [0.1, 0.15) is 0 Å². The fraction of sp³-hybridized carbons (Fsp3) is 0.900. The Balaban J connectivity index is 2.50. The van der Waals surface area contributed by atoms with Crippen LogP contribution >= 0.6 is 0 Å². The minimum absolute atomic E-state index is 0.000694. The maximum absolute atomic E-state index is 11.3. The van der Waals surface area contributed by atoms with Gasteiger partial charge in [-0.3, -0.25) is 4.79 Å². The summed E-state index contributed by atoms with van der Waals surface area (Å²) >= 11 is 0. The highest BCUT2D eigenvalue weighted by Gasteiger charge is 2.37. The second kappa shape index (κ2) is 3.82. The lowest BCUT2D eigenvalue weighted by atomic mass is 10.1. The second-order valence-corrected chi connectivity index (χ2v) is 10.6. The van der Waals surface area contributed by atoms with Gasteiger partial charge in [0.15, 0.2) is 0 Å². The van der Waals surface area contributed by atoms with E-state index in [-0.39, 0.29) is 11.9 Å². The van der Waals surface area contributed by atoms with Crippen molar-refractivity contribution in [1.29, 1.82) is 0 Å². The summed E-state index contributed by atoms with van der Waals surface area (Å²) in [6.07, 6.45) is 3.35. The molecule has 3 heteroatoms. The smallest absolute Gasteiger partial charge is 0.308 e. The van der Waals surface area contributed by atoms with Gasteiger partial charge in [-0.25, -0.2) is 0 Å². The van der Waals surface area contributed by atoms with Gasteiger partial charge in [0, 0.05) is 8.07 Å². The fourth-order valence-electron chi connectivity index (χ4n) is 2.15. The van der Waals surface area contributed by atoms with Crippen molar-refractivity contribution in [3.8, 4) is 0 Å². The van der Waals surface area contributed by atoms with Gasteiger partial charge in [-0.05, 0) is 18.4 Å². The molecule has 0 aliphatic heterocycles. The van der Waals surface area contributed by atoms with Gasteiger partial charge in [0.05, 0.1) is 13.0 Å². The zero-order chi connectivity index (χ0) is 10.1. The van der Waals surface area contributed by atoms with E-state index in [0.29, 0.717) is 0 Å². The predicted molar refractivity (Wildman–Crippen MR) is 56.5 cm³/mol. The third-order valence-corrected chi connectivity index (χ3v) is 6.17. The van der Waals surface area contributed by atoms with E-state index >= 15 is 0 Å². The number of methoxy groups -OCH3 is 1. The van der Waals surface area contributed by atoms with E-state index in [1.807, 2.05) is 0 Å². The number of esters is 1. The van der Waals surface area contributed by atoms with Gasteiger partial charge < -0.3 is 4.74 Å². The van der Waals surface area contributed by atoms with Gasteiger partial charge in [0.25, 0.3) is 0 Å². The third kappa shape index (κ3) is 2.56. The minimum Gasteiger partial charge on any atom is -0.469 e. The van der Waals surface area contributed by atoms with Crippen LogP contribution in [0.5, 0.6) is 0 Å². The van der Waals surface area contributed by atoms with Crippen molar-refractivity contribution in [2.24, 2.45) is 5.92 Å². The van der Waals surface area contributed by atoms with Gasteiger partial charge in [-0.1, -0.05) is 26.1 Å². The number of carbonyl (C=O) groups is 1. The highest BCUT2D eigenvalue weighted by molar-refractivity contribution is 6.77. The van der Waals surface area contributed by atoms with Crippen LogP contribution in [0.15, 0.2) is 0 Å². The molecule has 0 bridgehead atoms. The van der Waals surface area contributed by atoms with Crippen molar-refractivity contribution in [3.05, 3.63) is 0 Å². The van der Waals surface area contributed by atoms with Gasteiger partial charge in [0.2, 0.25) is 0 Å². The van der Waals surface area contributed by atoms with Crippen LogP contribution in [0.25, 0.3) is 0 Å². The van der Waals surface area contributed by atoms with E-state index in [1.165, 1.54) is 13.5 Å². The SMILES string of the molecule is COC(=O)[C@@H]1CC[C@@H]([Si](C)(C)C)C1. The Morgan fingerprint density at radius 1 is 1.31 bits per heavy atom. The molecule has 1 saturated carbocycles. The molecule has 1 aliphatic rings. The van der Waals surface area contributed by atoms with Crippen LogP contribution in [0, 0.1) is 5.92 Å². The van der Waals surface area contributed by atoms with Crippen molar-refractivity contribution in [3.63, 3.8) is 0 Å². The van der Waals surface area contributed by atoms with Crippen LogP contribution in [0.4, 0.5) is 0 Å². The number of rotatable bonds is 2. The monoisotopic (exact) mass is 200 g/mol. The van der Waals surface area contributed by atoms with E-state index in [2.05, 4.69) is 19.6 Å². The maximum Gasteiger partial charge on any atom is 0.308 e. The quantitative estimate of drug-likeness (QED) is 0.506. The summed E-state index contributed by atoms with van der Waals surface area (Å²) in [6.45, 7) is 7.16. The zero-order valence-corrected chi connectivity index (χ0v) is 10.1. The van der Waals surface area contributed by atoms with Crippen LogP contribution in [-0.4, -0.2) is 21.2 Å². The van der Waals surface area contributed by atoms with E-state index in [4.69, 9.17) is 4.74 Å². The molecule has 1 rings (SSSR count). The second-order valence-electron chi connectivity index (χ2n) is 5.10. The molecule has 0 saturated heterocycles. The molecule has 0 heterocycles. The number of hydrogen-bond acceptors (Lipinski definition) is 2. The van der Waals surface area contributed by atoms with Crippen LogP contribution in [0.1, 0.15) is 19.3 Å². The van der Waals surface area contributed by atoms with Gasteiger partial charge in [-0.15, -0.1) is 0 Å². The summed E-state index contributed by atoms with van der Waals surface area (Å²) in [6, 6.07) is 0. The topological polar surface area (TPSA) is 26.3 Å². The summed E-state index contributed by atoms with van der Waals surface area (Å²) < 4.78 is 4.77. The molecule has 2 nitrogen and oxygen atoms in total. The molecule has 0 unspecified atom stereocenters. The number of carbonyl (C=O) groups excluding carboxylic acids is 1. The first-order chi connectivity index (χ1) is 5.95. The minimum atomic E-state index is -1.03. The van der Waals surface area contributed by atoms with Crippen LogP contribution in [0.2, 0.25) is 25.2 Å². The fourth-order valence-corrected chi connectivity index (χ4v) is 4.17. The Hall–Kier alpha value is -0.313. The molecule has 13 heavy (non-hydrogen) atoms.